The van der Waals surface area contributed by atoms with Crippen LogP contribution in [0.3, 0.4) is 0 Å². The number of hydrazone groups is 1. The maximum atomic E-state index is 12.9. The lowest BCUT2D eigenvalue weighted by Gasteiger charge is -2.14. The maximum Gasteiger partial charge on any atom is 0.262 e. The Bertz CT molecular complexity index is 1820. The monoisotopic (exact) mass is 578 g/mol. The molecule has 0 aliphatic rings. The number of amides is 2. The van der Waals surface area contributed by atoms with Gasteiger partial charge in [-0.25, -0.2) is 5.43 Å². The van der Waals surface area contributed by atoms with Crippen LogP contribution in [0.1, 0.15) is 12.5 Å². The first kappa shape index (κ1) is 28.9. The van der Waals surface area contributed by atoms with Gasteiger partial charge in [0, 0.05) is 10.8 Å². The lowest BCUT2D eigenvalue weighted by atomic mass is 10.1. The van der Waals surface area contributed by atoms with E-state index < -0.39 is 0 Å². The van der Waals surface area contributed by atoms with Gasteiger partial charge in [-0.15, -0.1) is 0 Å². The Kier molecular flexibility index (Phi) is 8.96. The summed E-state index contributed by atoms with van der Waals surface area (Å²) in [5, 5.41) is 7.96. The van der Waals surface area contributed by atoms with Crippen LogP contribution in [-0.4, -0.2) is 42.9 Å². The SMILES string of the molecule is CCOc1cc(/C=N/NC(=O)Cn2c3ccccc3c(=O)c3ccccc32)ccc1OCC(=O)Nc1ccccc1OC. The number of carbonyl (C=O) groups excluding carboxylic acids is 2. The van der Waals surface area contributed by atoms with E-state index in [-0.39, 0.29) is 30.4 Å². The Morgan fingerprint density at radius 1 is 0.814 bits per heavy atom. The van der Waals surface area contributed by atoms with Crippen molar-refractivity contribution in [3.8, 4) is 17.2 Å². The van der Waals surface area contributed by atoms with Crippen molar-refractivity contribution in [2.45, 2.75) is 13.5 Å². The minimum Gasteiger partial charge on any atom is -0.495 e. The lowest BCUT2D eigenvalue weighted by Crippen LogP contribution is -2.25. The van der Waals surface area contributed by atoms with Gasteiger partial charge in [-0.3, -0.25) is 14.4 Å². The van der Waals surface area contributed by atoms with E-state index >= 15 is 0 Å². The van der Waals surface area contributed by atoms with Crippen molar-refractivity contribution >= 4 is 45.5 Å². The molecule has 0 aliphatic carbocycles. The summed E-state index contributed by atoms with van der Waals surface area (Å²) in [5.74, 6) is 0.636. The van der Waals surface area contributed by atoms with Crippen molar-refractivity contribution in [1.82, 2.24) is 9.99 Å². The van der Waals surface area contributed by atoms with Crippen LogP contribution >= 0.6 is 0 Å². The Labute approximate surface area is 247 Å². The number of pyridine rings is 1. The number of anilines is 1. The van der Waals surface area contributed by atoms with Gasteiger partial charge in [0.05, 0.1) is 36.7 Å². The van der Waals surface area contributed by atoms with Crippen LogP contribution in [0.25, 0.3) is 21.8 Å². The molecule has 0 bridgehead atoms. The molecule has 1 heterocycles. The summed E-state index contributed by atoms with van der Waals surface area (Å²) in [6, 6.07) is 26.6. The number of para-hydroxylation sites is 4. The fourth-order valence-electron chi connectivity index (χ4n) is 4.68. The van der Waals surface area contributed by atoms with Crippen LogP contribution in [0.2, 0.25) is 0 Å². The largest absolute Gasteiger partial charge is 0.495 e. The molecule has 2 N–H and O–H groups in total. The van der Waals surface area contributed by atoms with E-state index in [0.29, 0.717) is 56.9 Å². The van der Waals surface area contributed by atoms with E-state index in [1.54, 1.807) is 65.2 Å². The number of benzene rings is 4. The molecule has 4 aromatic carbocycles. The van der Waals surface area contributed by atoms with Crippen LogP contribution in [0.15, 0.2) is 101 Å². The van der Waals surface area contributed by atoms with Gasteiger partial charge in [0.25, 0.3) is 11.8 Å². The summed E-state index contributed by atoms with van der Waals surface area (Å²) in [6.45, 7) is 1.94. The van der Waals surface area contributed by atoms with Crippen molar-refractivity contribution in [2.75, 3.05) is 25.6 Å². The predicted molar refractivity (Wildman–Crippen MR) is 166 cm³/mol. The average Bonchev–Trinajstić information content (AvgIpc) is 3.03. The second-order valence-corrected chi connectivity index (χ2v) is 9.42. The average molecular weight is 579 g/mol. The second kappa shape index (κ2) is 13.3. The third kappa shape index (κ3) is 6.65. The van der Waals surface area contributed by atoms with Gasteiger partial charge in [-0.1, -0.05) is 36.4 Å². The first-order valence-electron chi connectivity index (χ1n) is 13.6. The highest BCUT2D eigenvalue weighted by molar-refractivity contribution is 5.95. The predicted octanol–water partition coefficient (Wildman–Crippen LogP) is 4.73. The molecule has 0 atom stereocenters. The summed E-state index contributed by atoms with van der Waals surface area (Å²) < 4.78 is 18.5. The van der Waals surface area contributed by atoms with Crippen LogP contribution in [0.5, 0.6) is 17.2 Å². The van der Waals surface area contributed by atoms with Gasteiger partial charge in [0.2, 0.25) is 0 Å². The number of carbonyl (C=O) groups is 2. The highest BCUT2D eigenvalue weighted by atomic mass is 16.5. The maximum absolute atomic E-state index is 12.9. The van der Waals surface area contributed by atoms with Gasteiger partial charge >= 0.3 is 0 Å². The van der Waals surface area contributed by atoms with E-state index in [1.165, 1.54) is 13.3 Å². The molecule has 0 unspecified atom stereocenters. The van der Waals surface area contributed by atoms with Gasteiger partial charge in [-0.2, -0.15) is 5.10 Å². The zero-order valence-electron chi connectivity index (χ0n) is 23.7. The minimum atomic E-state index is -0.360. The molecule has 10 nitrogen and oxygen atoms in total. The third-order valence-corrected chi connectivity index (χ3v) is 6.59. The fourth-order valence-corrected chi connectivity index (χ4v) is 4.68. The number of fused-ring (bicyclic) bond motifs is 2. The fraction of sp³-hybridized carbons (Fsp3) is 0.152. The zero-order chi connectivity index (χ0) is 30.2. The molecule has 0 saturated heterocycles. The smallest absolute Gasteiger partial charge is 0.262 e. The van der Waals surface area contributed by atoms with Crippen LogP contribution in [0, 0.1) is 0 Å². The molecule has 0 spiro atoms. The molecule has 2 amide bonds. The minimum absolute atomic E-state index is 0.0352. The molecule has 0 radical (unpaired) electrons. The molecule has 0 fully saturated rings. The first-order chi connectivity index (χ1) is 21.0. The van der Waals surface area contributed by atoms with Gasteiger partial charge in [0.15, 0.2) is 23.5 Å². The standard InChI is InChI=1S/C33H30N4O6/c1-3-42-30-18-22(16-17-29(30)43-21-32(39)35-25-12-6-9-15-28(25)41-2)19-34-36-31(38)20-37-26-13-7-4-10-23(26)33(40)24-11-5-8-14-27(24)37/h4-19H,3,20-21H2,1-2H3,(H,35,39)(H,36,38)/b34-19+. The number of hydrogen-bond donors (Lipinski definition) is 2. The van der Waals surface area contributed by atoms with E-state index in [2.05, 4.69) is 15.8 Å². The van der Waals surface area contributed by atoms with E-state index in [4.69, 9.17) is 14.2 Å². The van der Waals surface area contributed by atoms with Gasteiger partial charge in [-0.05, 0) is 67.1 Å². The third-order valence-electron chi connectivity index (χ3n) is 6.59. The highest BCUT2D eigenvalue weighted by Crippen LogP contribution is 2.28. The summed E-state index contributed by atoms with van der Waals surface area (Å²) in [6.07, 6.45) is 1.49. The number of aromatic nitrogens is 1. The second-order valence-electron chi connectivity index (χ2n) is 9.42. The lowest BCUT2D eigenvalue weighted by molar-refractivity contribution is -0.121. The molecule has 43 heavy (non-hydrogen) atoms. The van der Waals surface area contributed by atoms with E-state index in [0.717, 1.165) is 0 Å². The molecular formula is C33H30N4O6. The van der Waals surface area contributed by atoms with Crippen molar-refractivity contribution in [3.05, 3.63) is 107 Å². The normalized spacial score (nSPS) is 11.0. The molecule has 0 saturated carbocycles. The molecule has 5 aromatic rings. The number of nitrogens with zero attached hydrogens (tertiary/aromatic N) is 2. The molecule has 10 heteroatoms. The topological polar surface area (TPSA) is 120 Å². The van der Waals surface area contributed by atoms with Crippen molar-refractivity contribution in [3.63, 3.8) is 0 Å². The van der Waals surface area contributed by atoms with Crippen LogP contribution in [0.4, 0.5) is 5.69 Å². The number of nitrogens with one attached hydrogen (secondary N) is 2. The number of rotatable bonds is 11. The van der Waals surface area contributed by atoms with Gasteiger partial charge in [0.1, 0.15) is 12.3 Å². The van der Waals surface area contributed by atoms with Crippen molar-refractivity contribution in [2.24, 2.45) is 5.10 Å². The van der Waals surface area contributed by atoms with Gasteiger partial charge < -0.3 is 24.1 Å². The molecule has 5 rings (SSSR count). The molecule has 1 aromatic heterocycles. The Balaban J connectivity index is 1.25. The van der Waals surface area contributed by atoms with Crippen LogP contribution < -0.4 is 30.4 Å². The number of methoxy groups -OCH3 is 1. The molecule has 218 valence electrons. The Morgan fingerprint density at radius 2 is 1.49 bits per heavy atom. The summed E-state index contributed by atoms with van der Waals surface area (Å²) in [4.78, 5) is 38.3. The van der Waals surface area contributed by atoms with Crippen LogP contribution in [-0.2, 0) is 16.1 Å². The summed E-state index contributed by atoms with van der Waals surface area (Å²) >= 11 is 0. The zero-order valence-corrected chi connectivity index (χ0v) is 23.7. The molecule has 0 aliphatic heterocycles. The number of hydrogen-bond acceptors (Lipinski definition) is 7. The Morgan fingerprint density at radius 3 is 2.19 bits per heavy atom. The van der Waals surface area contributed by atoms with Crippen molar-refractivity contribution < 1.29 is 23.8 Å². The van der Waals surface area contributed by atoms with Crippen molar-refractivity contribution in [1.29, 1.82) is 0 Å². The van der Waals surface area contributed by atoms with E-state index in [1.807, 2.05) is 37.3 Å². The Hall–Kier alpha value is -5.64. The summed E-state index contributed by atoms with van der Waals surface area (Å²) in [5.41, 5.74) is 5.00. The molecular weight excluding hydrogens is 548 g/mol. The van der Waals surface area contributed by atoms with E-state index in [9.17, 15) is 14.4 Å². The summed E-state index contributed by atoms with van der Waals surface area (Å²) in [7, 11) is 1.53. The number of ether oxygens (including phenoxy) is 3. The first-order valence-corrected chi connectivity index (χ1v) is 13.6. The quantitative estimate of drug-likeness (QED) is 0.133. The highest BCUT2D eigenvalue weighted by Gasteiger charge is 2.13.